The Morgan fingerprint density at radius 1 is 0.831 bits per heavy atom. The third-order valence-electron chi connectivity index (χ3n) is 19.3. The topological polar surface area (TPSA) is 162 Å². The van der Waals surface area contributed by atoms with E-state index in [-0.39, 0.29) is 78.5 Å². The maximum absolute atomic E-state index is 15.5. The van der Waals surface area contributed by atoms with Crippen molar-refractivity contribution < 1.29 is 48.3 Å². The first-order chi connectivity index (χ1) is 37.5. The normalized spacial score (nSPS) is 28.7. The van der Waals surface area contributed by atoms with Gasteiger partial charge in [0.25, 0.3) is 0 Å². The standard InChI is InChI=1S/C66H76O11/c1-40(37-68)51-27-21-41-19-22-42(23-20-41)52-28-25-45(44-13-11-17-50(35-44)66-32-10-9-16-49(66)26-24-43-12-7-8-18-55(43)66)34-47(52)36-57(70)74-61-59-56(77-65(2,62(61)76-63(51)71)48-14-5-4-6-15-48)30-29-53-54(38-69)58(64(72)75-60(53)59)46(31-33-67)39-73-3/h7-8,11-13,17-20,22-24,26,29-30,35,45-49,52,61-62,67-69H,4-6,9-10,14-16,21,25,27-28,31-34,36-39H2,1-3H3. The lowest BCUT2D eigenvalue weighted by Crippen LogP contribution is -2.58. The molecular formula is C66H76O11. The summed E-state index contributed by atoms with van der Waals surface area (Å²) in [5.41, 5.74) is 7.19. The molecule has 406 valence electrons. The number of hydrogen-bond acceptors (Lipinski definition) is 11. The fourth-order valence-corrected chi connectivity index (χ4v) is 15.2. The van der Waals surface area contributed by atoms with Crippen molar-refractivity contribution in [1.82, 2.24) is 0 Å². The minimum absolute atomic E-state index is 0.0548. The second-order valence-corrected chi connectivity index (χ2v) is 23.5. The summed E-state index contributed by atoms with van der Waals surface area (Å²) < 4.78 is 32.8. The lowest BCUT2D eigenvalue weighted by Gasteiger charge is -2.50. The Hall–Kier alpha value is -5.85. The Kier molecular flexibility index (Phi) is 15.5. The van der Waals surface area contributed by atoms with Crippen LogP contribution >= 0.6 is 0 Å². The van der Waals surface area contributed by atoms with Crippen LogP contribution in [-0.4, -0.2) is 65.9 Å². The molecule has 0 saturated heterocycles. The predicted molar refractivity (Wildman–Crippen MR) is 296 cm³/mol. The average molecular weight is 1050 g/mol. The Labute approximate surface area is 452 Å². The Morgan fingerprint density at radius 2 is 1.64 bits per heavy atom. The molecule has 7 aliphatic rings. The second kappa shape index (κ2) is 22.5. The molecule has 3 aliphatic heterocycles. The Morgan fingerprint density at radius 3 is 2.42 bits per heavy atom. The lowest BCUT2D eigenvalue weighted by atomic mass is 9.56. The first kappa shape index (κ1) is 53.2. The smallest absolute Gasteiger partial charge is 0.340 e. The highest BCUT2D eigenvalue weighted by Crippen LogP contribution is 2.56. The first-order valence-corrected chi connectivity index (χ1v) is 28.7. The molecular weight excluding hydrogens is 969 g/mol. The van der Waals surface area contributed by atoms with Gasteiger partial charge in [0.15, 0.2) is 12.2 Å². The number of methoxy groups -OCH3 is 1. The number of aliphatic hydroxyl groups excluding tert-OH is 3. The van der Waals surface area contributed by atoms with Gasteiger partial charge in [-0.05, 0) is 158 Å². The van der Waals surface area contributed by atoms with E-state index in [0.29, 0.717) is 46.6 Å². The van der Waals surface area contributed by atoms with Crippen molar-refractivity contribution in [2.45, 2.75) is 164 Å². The fourth-order valence-electron chi connectivity index (χ4n) is 15.2. The van der Waals surface area contributed by atoms with Crippen LogP contribution in [0.25, 0.3) is 17.0 Å². The van der Waals surface area contributed by atoms with Gasteiger partial charge in [0.05, 0.1) is 25.4 Å². The minimum Gasteiger partial charge on any atom is -0.483 e. The third kappa shape index (κ3) is 9.82. The molecule has 4 aromatic carbocycles. The summed E-state index contributed by atoms with van der Waals surface area (Å²) in [5.74, 6) is -0.925. The summed E-state index contributed by atoms with van der Waals surface area (Å²) in [6.07, 6.45) is 15.1. The minimum atomic E-state index is -1.30. The van der Waals surface area contributed by atoms with Crippen molar-refractivity contribution in [3.8, 4) is 5.75 Å². The van der Waals surface area contributed by atoms with Crippen LogP contribution in [0.5, 0.6) is 5.75 Å². The largest absolute Gasteiger partial charge is 0.483 e. The highest BCUT2D eigenvalue weighted by atomic mass is 16.6. The number of carbonyl (C=O) groups is 2. The molecule has 1 aromatic heterocycles. The summed E-state index contributed by atoms with van der Waals surface area (Å²) in [4.78, 5) is 45.0. The molecule has 0 radical (unpaired) electrons. The number of esters is 2. The maximum Gasteiger partial charge on any atom is 0.340 e. The van der Waals surface area contributed by atoms with E-state index in [4.69, 9.17) is 23.4 Å². The average Bonchev–Trinajstić information content (AvgIpc) is 3.61. The predicted octanol–water partition coefficient (Wildman–Crippen LogP) is 12.1. The van der Waals surface area contributed by atoms with Gasteiger partial charge in [-0.15, -0.1) is 0 Å². The van der Waals surface area contributed by atoms with Crippen molar-refractivity contribution >= 4 is 29.0 Å². The number of aliphatic hydroxyl groups is 3. The molecule has 11 heteroatoms. The van der Waals surface area contributed by atoms with Gasteiger partial charge in [0.1, 0.15) is 16.9 Å². The van der Waals surface area contributed by atoms with Crippen molar-refractivity contribution in [3.05, 3.63) is 163 Å². The molecule has 4 heterocycles. The first-order valence-electron chi connectivity index (χ1n) is 28.7. The van der Waals surface area contributed by atoms with E-state index in [1.807, 2.05) is 6.92 Å². The molecule has 5 aromatic rings. The molecule has 11 nitrogen and oxygen atoms in total. The Balaban J connectivity index is 1.03. The quantitative estimate of drug-likeness (QED) is 0.0693. The summed E-state index contributed by atoms with van der Waals surface area (Å²) in [5, 5.41) is 32.2. The number of benzene rings is 4. The SMILES string of the molecule is COCC(CCO)c1c(CO)c2ccc3c(c2oc1=O)C1OC(=O)CC2CC(c4cccc(C56CCCCC5C=Cc5ccccc56)c4)CCC2c2ccc(cc2)CCC(=C(C)CO)C(=O)OC1C(C)(C1CCCCC1)O3. The van der Waals surface area contributed by atoms with E-state index in [0.717, 1.165) is 75.3 Å². The van der Waals surface area contributed by atoms with E-state index < -0.39 is 47.9 Å². The van der Waals surface area contributed by atoms with Gasteiger partial charge in [0.2, 0.25) is 0 Å². The van der Waals surface area contributed by atoms with E-state index in [1.165, 1.54) is 42.2 Å². The van der Waals surface area contributed by atoms with Crippen LogP contribution in [-0.2, 0) is 42.2 Å². The molecule has 0 spiro atoms. The van der Waals surface area contributed by atoms with Crippen LogP contribution in [0.15, 0.2) is 111 Å². The zero-order valence-corrected chi connectivity index (χ0v) is 45.1. The molecule has 2 bridgehead atoms. The zero-order valence-electron chi connectivity index (χ0n) is 45.1. The molecule has 3 fully saturated rings. The van der Waals surface area contributed by atoms with Crippen molar-refractivity contribution in [3.63, 3.8) is 0 Å². The highest BCUT2D eigenvalue weighted by Gasteiger charge is 2.57. The van der Waals surface area contributed by atoms with E-state index in [2.05, 4.69) is 84.9 Å². The number of carbonyl (C=O) groups excluding carboxylic acids is 2. The highest BCUT2D eigenvalue weighted by molar-refractivity contribution is 5.90. The van der Waals surface area contributed by atoms with Crippen LogP contribution < -0.4 is 10.4 Å². The Bertz CT molecular complexity index is 3100. The van der Waals surface area contributed by atoms with Gasteiger partial charge in [-0.2, -0.15) is 0 Å². The molecule has 77 heavy (non-hydrogen) atoms. The fraction of sp³-hybridized carbons (Fsp3) is 0.500. The second-order valence-electron chi connectivity index (χ2n) is 23.5. The third-order valence-corrected chi connectivity index (χ3v) is 19.3. The molecule has 12 rings (SSSR count). The van der Waals surface area contributed by atoms with Crippen LogP contribution in [0.3, 0.4) is 0 Å². The number of hydrogen-bond donors (Lipinski definition) is 3. The molecule has 0 amide bonds. The molecule has 9 atom stereocenters. The summed E-state index contributed by atoms with van der Waals surface area (Å²) >= 11 is 0. The lowest BCUT2D eigenvalue weighted by molar-refractivity contribution is -0.201. The van der Waals surface area contributed by atoms with Crippen LogP contribution in [0, 0.1) is 17.8 Å². The number of allylic oxidation sites excluding steroid dienone is 1. The molecule has 3 saturated carbocycles. The van der Waals surface area contributed by atoms with E-state index in [9.17, 15) is 20.1 Å². The van der Waals surface area contributed by atoms with E-state index >= 15 is 9.59 Å². The van der Waals surface area contributed by atoms with Crippen LogP contribution in [0.2, 0.25) is 0 Å². The zero-order chi connectivity index (χ0) is 53.4. The van der Waals surface area contributed by atoms with Gasteiger partial charge < -0.3 is 38.7 Å². The van der Waals surface area contributed by atoms with Gasteiger partial charge in [-0.25, -0.2) is 9.59 Å². The van der Waals surface area contributed by atoms with Crippen LogP contribution in [0.4, 0.5) is 0 Å². The van der Waals surface area contributed by atoms with Crippen molar-refractivity contribution in [2.75, 3.05) is 26.9 Å². The number of aryl methyl sites for hydroxylation is 1. The number of rotatable bonds is 10. The number of fused-ring (bicyclic) bond motifs is 14. The molecule has 3 N–H and O–H groups in total. The van der Waals surface area contributed by atoms with Crippen molar-refractivity contribution in [2.24, 2.45) is 17.8 Å². The van der Waals surface area contributed by atoms with Gasteiger partial charge in [0, 0.05) is 53.9 Å². The number of ether oxygens (including phenoxy) is 4. The van der Waals surface area contributed by atoms with Crippen LogP contribution in [0.1, 0.15) is 184 Å². The summed E-state index contributed by atoms with van der Waals surface area (Å²) in [6, 6.07) is 30.5. The monoisotopic (exact) mass is 1040 g/mol. The van der Waals surface area contributed by atoms with E-state index in [1.54, 1.807) is 19.1 Å². The molecule has 9 unspecified atom stereocenters. The van der Waals surface area contributed by atoms with Gasteiger partial charge in [-0.1, -0.05) is 117 Å². The maximum atomic E-state index is 15.5. The van der Waals surface area contributed by atoms with Crippen molar-refractivity contribution in [1.29, 1.82) is 0 Å². The van der Waals surface area contributed by atoms with Gasteiger partial charge >= 0.3 is 17.6 Å². The summed E-state index contributed by atoms with van der Waals surface area (Å²) in [7, 11) is 1.51. The summed E-state index contributed by atoms with van der Waals surface area (Å²) in [6.45, 7) is 2.68. The van der Waals surface area contributed by atoms with Gasteiger partial charge in [-0.3, -0.25) is 4.79 Å². The molecule has 4 aliphatic carbocycles.